The summed E-state index contributed by atoms with van der Waals surface area (Å²) in [6, 6.07) is 8.41. The van der Waals surface area contributed by atoms with E-state index in [0.29, 0.717) is 19.5 Å². The van der Waals surface area contributed by atoms with Gasteiger partial charge in [0.2, 0.25) is 0 Å². The maximum Gasteiger partial charge on any atom is 0.434 e. The molecule has 0 aliphatic carbocycles. The lowest BCUT2D eigenvalue weighted by atomic mass is 9.98. The van der Waals surface area contributed by atoms with Crippen molar-refractivity contribution in [3.8, 4) is 0 Å². The van der Waals surface area contributed by atoms with E-state index in [1.54, 1.807) is 12.1 Å². The van der Waals surface area contributed by atoms with Gasteiger partial charge in [-0.15, -0.1) is 0 Å². The second-order valence-electron chi connectivity index (χ2n) is 5.69. The Kier molecular flexibility index (Phi) is 4.26. The molecule has 2 aromatic rings. The number of halogens is 4. The molecule has 1 aromatic heterocycles. The van der Waals surface area contributed by atoms with Crippen molar-refractivity contribution in [2.45, 2.75) is 18.5 Å². The molecule has 0 bridgehead atoms. The Bertz CT molecular complexity index is 743. The van der Waals surface area contributed by atoms with Crippen molar-refractivity contribution in [3.05, 3.63) is 65.2 Å². The Labute approximate surface area is 135 Å². The van der Waals surface area contributed by atoms with Crippen LogP contribution in [0.5, 0.6) is 0 Å². The van der Waals surface area contributed by atoms with Crippen LogP contribution < -0.4 is 0 Å². The van der Waals surface area contributed by atoms with Gasteiger partial charge in [0.25, 0.3) is 5.91 Å². The highest BCUT2D eigenvalue weighted by Gasteiger charge is 2.39. The summed E-state index contributed by atoms with van der Waals surface area (Å²) in [7, 11) is 0. The van der Waals surface area contributed by atoms with Crippen LogP contribution in [0.1, 0.15) is 34.0 Å². The number of nitrogens with zero attached hydrogens (tertiary/aromatic N) is 2. The number of hydrogen-bond donors (Lipinski definition) is 0. The highest BCUT2D eigenvalue weighted by molar-refractivity contribution is 5.95. The van der Waals surface area contributed by atoms with E-state index >= 15 is 0 Å². The topological polar surface area (TPSA) is 33.2 Å². The van der Waals surface area contributed by atoms with Crippen molar-refractivity contribution in [3.63, 3.8) is 0 Å². The zero-order valence-corrected chi connectivity index (χ0v) is 12.6. The minimum atomic E-state index is -4.68. The molecule has 0 unspecified atom stereocenters. The monoisotopic (exact) mass is 338 g/mol. The van der Waals surface area contributed by atoms with Gasteiger partial charge in [-0.2, -0.15) is 13.2 Å². The van der Waals surface area contributed by atoms with Crippen LogP contribution in [0.4, 0.5) is 17.6 Å². The van der Waals surface area contributed by atoms with Crippen LogP contribution in [-0.2, 0) is 6.18 Å². The fraction of sp³-hybridized carbons (Fsp3) is 0.294. The molecule has 3 nitrogen and oxygen atoms in total. The van der Waals surface area contributed by atoms with Crippen LogP contribution in [0.25, 0.3) is 0 Å². The van der Waals surface area contributed by atoms with Crippen LogP contribution in [0.2, 0.25) is 0 Å². The molecule has 1 aromatic carbocycles. The number of carbonyl (C=O) groups excluding carboxylic acids is 1. The summed E-state index contributed by atoms with van der Waals surface area (Å²) in [5.74, 6) is -1.05. The van der Waals surface area contributed by atoms with Crippen molar-refractivity contribution in [1.29, 1.82) is 0 Å². The van der Waals surface area contributed by atoms with Gasteiger partial charge < -0.3 is 4.90 Å². The highest BCUT2D eigenvalue weighted by atomic mass is 19.4. The molecule has 0 radical (unpaired) electrons. The zero-order valence-electron chi connectivity index (χ0n) is 12.6. The van der Waals surface area contributed by atoms with Crippen LogP contribution >= 0.6 is 0 Å². The molecule has 7 heteroatoms. The average Bonchev–Trinajstić information content (AvgIpc) is 3.04. The first-order valence-electron chi connectivity index (χ1n) is 7.43. The van der Waals surface area contributed by atoms with E-state index in [9.17, 15) is 22.4 Å². The lowest BCUT2D eigenvalue weighted by Crippen LogP contribution is -2.30. The van der Waals surface area contributed by atoms with Crippen LogP contribution in [0, 0.1) is 5.82 Å². The fourth-order valence-electron chi connectivity index (χ4n) is 2.93. The van der Waals surface area contributed by atoms with Crippen LogP contribution in [0.3, 0.4) is 0 Å². The standard InChI is InChI=1S/C17H14F4N2O/c18-13-5-3-11(4-6-13)12-7-9-23(10-12)16(24)14-2-1-8-22-15(14)17(19,20)21/h1-6,8,12H,7,9-10H2/t12-/m0/s1. The molecule has 1 aliphatic rings. The number of benzene rings is 1. The molecular formula is C17H14F4N2O. The Morgan fingerprint density at radius 1 is 1.17 bits per heavy atom. The average molecular weight is 338 g/mol. The largest absolute Gasteiger partial charge is 0.434 e. The van der Waals surface area contributed by atoms with Gasteiger partial charge >= 0.3 is 6.18 Å². The minimum Gasteiger partial charge on any atom is -0.338 e. The van der Waals surface area contributed by atoms with Crippen LogP contribution in [-0.4, -0.2) is 28.9 Å². The maximum atomic E-state index is 13.0. The fourth-order valence-corrected chi connectivity index (χ4v) is 2.93. The molecule has 3 rings (SSSR count). The van der Waals surface area contributed by atoms with Crippen molar-refractivity contribution in [1.82, 2.24) is 9.88 Å². The van der Waals surface area contributed by atoms with E-state index in [1.165, 1.54) is 23.1 Å². The van der Waals surface area contributed by atoms with Gasteiger partial charge in [-0.05, 0) is 36.2 Å². The molecule has 2 heterocycles. The third kappa shape index (κ3) is 3.25. The molecule has 0 N–H and O–H groups in total. The van der Waals surface area contributed by atoms with Gasteiger partial charge in [-0.3, -0.25) is 9.78 Å². The SMILES string of the molecule is O=C(c1cccnc1C(F)(F)F)N1CC[C@H](c2ccc(F)cc2)C1. The first kappa shape index (κ1) is 16.4. The van der Waals surface area contributed by atoms with Gasteiger partial charge in [0.1, 0.15) is 5.82 Å². The first-order chi connectivity index (χ1) is 11.4. The van der Waals surface area contributed by atoms with E-state index in [2.05, 4.69) is 4.98 Å². The number of alkyl halides is 3. The number of hydrogen-bond acceptors (Lipinski definition) is 2. The molecule has 0 saturated carbocycles. The molecule has 1 saturated heterocycles. The predicted molar refractivity (Wildman–Crippen MR) is 78.9 cm³/mol. The number of rotatable bonds is 2. The molecule has 24 heavy (non-hydrogen) atoms. The van der Waals surface area contributed by atoms with Gasteiger partial charge in [-0.25, -0.2) is 4.39 Å². The summed E-state index contributed by atoms with van der Waals surface area (Å²) in [5.41, 5.74) is -0.737. The lowest BCUT2D eigenvalue weighted by Gasteiger charge is -2.19. The summed E-state index contributed by atoms with van der Waals surface area (Å²) < 4.78 is 52.0. The summed E-state index contributed by atoms with van der Waals surface area (Å²) in [6.07, 6.45) is -3.04. The zero-order chi connectivity index (χ0) is 17.3. The van der Waals surface area contributed by atoms with Crippen molar-refractivity contribution in [2.75, 3.05) is 13.1 Å². The molecule has 126 valence electrons. The highest BCUT2D eigenvalue weighted by Crippen LogP contribution is 2.33. The van der Waals surface area contributed by atoms with Gasteiger partial charge in [0, 0.05) is 25.2 Å². The maximum absolute atomic E-state index is 13.0. The Morgan fingerprint density at radius 3 is 2.54 bits per heavy atom. The van der Waals surface area contributed by atoms with E-state index in [1.807, 2.05) is 0 Å². The molecule has 0 spiro atoms. The minimum absolute atomic E-state index is 0.0134. The van der Waals surface area contributed by atoms with Gasteiger partial charge in [0.05, 0.1) is 5.56 Å². The summed E-state index contributed by atoms with van der Waals surface area (Å²) in [5, 5.41) is 0. The van der Waals surface area contributed by atoms with E-state index in [4.69, 9.17) is 0 Å². The third-order valence-electron chi connectivity index (χ3n) is 4.12. The lowest BCUT2D eigenvalue weighted by molar-refractivity contribution is -0.141. The molecule has 1 atom stereocenters. The molecule has 1 aliphatic heterocycles. The van der Waals surface area contributed by atoms with E-state index < -0.39 is 23.3 Å². The van der Waals surface area contributed by atoms with Crippen LogP contribution in [0.15, 0.2) is 42.6 Å². The number of carbonyl (C=O) groups is 1. The second kappa shape index (κ2) is 6.22. The molecule has 1 amide bonds. The third-order valence-corrected chi connectivity index (χ3v) is 4.12. The Balaban J connectivity index is 1.79. The van der Waals surface area contributed by atoms with Crippen molar-refractivity contribution < 1.29 is 22.4 Å². The van der Waals surface area contributed by atoms with Gasteiger partial charge in [0.15, 0.2) is 5.69 Å². The van der Waals surface area contributed by atoms with Gasteiger partial charge in [-0.1, -0.05) is 12.1 Å². The predicted octanol–water partition coefficient (Wildman–Crippen LogP) is 3.87. The smallest absolute Gasteiger partial charge is 0.338 e. The normalized spacial score (nSPS) is 18.0. The summed E-state index contributed by atoms with van der Waals surface area (Å²) in [6.45, 7) is 0.656. The van der Waals surface area contributed by atoms with Crippen molar-refractivity contribution >= 4 is 5.91 Å². The number of amides is 1. The Hall–Kier alpha value is -2.44. The summed E-state index contributed by atoms with van der Waals surface area (Å²) >= 11 is 0. The quantitative estimate of drug-likeness (QED) is 0.779. The molecule has 1 fully saturated rings. The van der Waals surface area contributed by atoms with E-state index in [0.717, 1.165) is 17.8 Å². The van der Waals surface area contributed by atoms with E-state index in [-0.39, 0.29) is 11.7 Å². The Morgan fingerprint density at radius 2 is 1.88 bits per heavy atom. The number of likely N-dealkylation sites (tertiary alicyclic amines) is 1. The first-order valence-corrected chi connectivity index (χ1v) is 7.43. The number of pyridine rings is 1. The molecular weight excluding hydrogens is 324 g/mol. The second-order valence-corrected chi connectivity index (χ2v) is 5.69. The summed E-state index contributed by atoms with van der Waals surface area (Å²) in [4.78, 5) is 17.2. The number of aromatic nitrogens is 1. The van der Waals surface area contributed by atoms with Crippen molar-refractivity contribution in [2.24, 2.45) is 0 Å².